The summed E-state index contributed by atoms with van der Waals surface area (Å²) < 4.78 is 6.64. The van der Waals surface area contributed by atoms with Crippen molar-refractivity contribution in [2.75, 3.05) is 5.75 Å². The van der Waals surface area contributed by atoms with E-state index in [1.54, 1.807) is 12.1 Å². The van der Waals surface area contributed by atoms with Crippen molar-refractivity contribution < 1.29 is 9.53 Å². The molecular weight excluding hydrogens is 521 g/mol. The van der Waals surface area contributed by atoms with Crippen molar-refractivity contribution in [2.24, 2.45) is 5.92 Å². The molecule has 35 heavy (non-hydrogen) atoms. The molecule has 4 rings (SSSR count). The van der Waals surface area contributed by atoms with Gasteiger partial charge in [-0.05, 0) is 54.2 Å². The van der Waals surface area contributed by atoms with Gasteiger partial charge in [0.05, 0.1) is 16.1 Å². The first-order valence-electron chi connectivity index (χ1n) is 12.0. The fourth-order valence-electron chi connectivity index (χ4n) is 4.64. The van der Waals surface area contributed by atoms with Gasteiger partial charge in [-0.2, -0.15) is 11.8 Å². The smallest absolute Gasteiger partial charge is 0.252 e. The van der Waals surface area contributed by atoms with Crippen LogP contribution in [0.25, 0.3) is 0 Å². The van der Waals surface area contributed by atoms with Gasteiger partial charge in [0.15, 0.2) is 0 Å². The molecule has 1 saturated carbocycles. The number of rotatable bonds is 8. The number of halogens is 3. The molecular formula is C28H32Cl3NO2S. The molecule has 7 heteroatoms. The first kappa shape index (κ1) is 26.9. The van der Waals surface area contributed by atoms with Crippen LogP contribution >= 0.6 is 46.6 Å². The maximum Gasteiger partial charge on any atom is 0.252 e. The van der Waals surface area contributed by atoms with E-state index in [-0.39, 0.29) is 22.7 Å². The normalized spacial score (nSPS) is 23.9. The fraction of sp³-hybridized carbons (Fsp3) is 0.464. The minimum Gasteiger partial charge on any atom is -0.358 e. The van der Waals surface area contributed by atoms with Crippen molar-refractivity contribution in [1.29, 1.82) is 0 Å². The Kier molecular flexibility index (Phi) is 8.50. The average Bonchev–Trinajstić information content (AvgIpc) is 3.63. The topological polar surface area (TPSA) is 29.5 Å². The number of carbonyl (C=O) groups excluding carboxylic acids is 1. The van der Waals surface area contributed by atoms with Crippen LogP contribution in [0.3, 0.4) is 0 Å². The molecule has 2 fully saturated rings. The number of hydrogen-bond acceptors (Lipinski definition) is 3. The summed E-state index contributed by atoms with van der Waals surface area (Å²) in [6.45, 7) is 10.5. The van der Waals surface area contributed by atoms with Crippen LogP contribution in [0, 0.1) is 5.92 Å². The zero-order valence-corrected chi connectivity index (χ0v) is 23.4. The first-order chi connectivity index (χ1) is 16.6. The van der Waals surface area contributed by atoms with E-state index in [1.807, 2.05) is 48.2 Å². The van der Waals surface area contributed by atoms with E-state index in [1.165, 1.54) is 0 Å². The van der Waals surface area contributed by atoms with Crippen molar-refractivity contribution in [1.82, 2.24) is 4.90 Å². The number of benzene rings is 2. The molecule has 0 radical (unpaired) electrons. The van der Waals surface area contributed by atoms with E-state index in [0.717, 1.165) is 29.7 Å². The lowest BCUT2D eigenvalue weighted by molar-refractivity contribution is -0.178. The van der Waals surface area contributed by atoms with Crippen LogP contribution in [0.5, 0.6) is 0 Å². The van der Waals surface area contributed by atoms with Crippen molar-refractivity contribution in [3.8, 4) is 0 Å². The predicted octanol–water partition coefficient (Wildman–Crippen LogP) is 8.54. The number of morpholine rings is 1. The molecule has 2 aromatic carbocycles. The summed E-state index contributed by atoms with van der Waals surface area (Å²) in [5.41, 5.74) is 1.88. The molecule has 2 aliphatic rings. The Hall–Kier alpha value is -1.17. The van der Waals surface area contributed by atoms with Crippen LogP contribution < -0.4 is 0 Å². The fourth-order valence-corrected chi connectivity index (χ4v) is 6.18. The second kappa shape index (κ2) is 11.1. The van der Waals surface area contributed by atoms with E-state index in [4.69, 9.17) is 39.5 Å². The van der Waals surface area contributed by atoms with Crippen LogP contribution in [0.1, 0.15) is 63.3 Å². The third-order valence-electron chi connectivity index (χ3n) is 6.50. The number of nitrogens with zero attached hydrogens (tertiary/aromatic N) is 1. The Bertz CT molecular complexity index is 1060. The average molecular weight is 553 g/mol. The standard InChI is InChI=1S/C28H32Cl3NO2S/c1-5-6-24-27(33)32(23(17-7-8-17)16-35-28(2,3)4)25(18-9-12-20(29)13-10-18)26(34-24)19-11-14-21(30)22(31)15-19/h5,9-15,17,23-26H,1,6-8,16H2,2-4H3. The van der Waals surface area contributed by atoms with Gasteiger partial charge in [-0.25, -0.2) is 0 Å². The van der Waals surface area contributed by atoms with Gasteiger partial charge in [-0.15, -0.1) is 6.58 Å². The summed E-state index contributed by atoms with van der Waals surface area (Å²) in [5.74, 6) is 1.38. The molecule has 1 aliphatic heterocycles. The van der Waals surface area contributed by atoms with Crippen molar-refractivity contribution in [3.05, 3.63) is 81.3 Å². The largest absolute Gasteiger partial charge is 0.358 e. The number of amides is 1. The Balaban J connectivity index is 1.84. The summed E-state index contributed by atoms with van der Waals surface area (Å²) in [6.07, 6.45) is 3.47. The van der Waals surface area contributed by atoms with Gasteiger partial charge in [-0.1, -0.05) is 79.8 Å². The molecule has 0 spiro atoms. The van der Waals surface area contributed by atoms with E-state index in [9.17, 15) is 4.79 Å². The molecule has 0 bridgehead atoms. The number of carbonyl (C=O) groups is 1. The number of ether oxygens (including phenoxy) is 1. The lowest BCUT2D eigenvalue weighted by atomic mass is 9.89. The lowest BCUT2D eigenvalue weighted by Gasteiger charge is -2.48. The molecule has 4 unspecified atom stereocenters. The van der Waals surface area contributed by atoms with Gasteiger partial charge in [0.25, 0.3) is 5.91 Å². The second-order valence-electron chi connectivity index (χ2n) is 10.3. The number of thioether (sulfide) groups is 1. The molecule has 1 saturated heterocycles. The summed E-state index contributed by atoms with van der Waals surface area (Å²) in [4.78, 5) is 16.1. The van der Waals surface area contributed by atoms with Crippen LogP contribution in [0.15, 0.2) is 55.1 Å². The maximum atomic E-state index is 14.0. The summed E-state index contributed by atoms with van der Waals surface area (Å²) in [7, 11) is 0. The predicted molar refractivity (Wildman–Crippen MR) is 149 cm³/mol. The Morgan fingerprint density at radius 1 is 1.09 bits per heavy atom. The Morgan fingerprint density at radius 2 is 1.74 bits per heavy atom. The third-order valence-corrected chi connectivity index (χ3v) is 8.87. The third kappa shape index (κ3) is 6.40. The van der Waals surface area contributed by atoms with Gasteiger partial charge in [0.1, 0.15) is 12.2 Å². The molecule has 1 aliphatic carbocycles. The van der Waals surface area contributed by atoms with Crippen LogP contribution in [0.2, 0.25) is 15.1 Å². The van der Waals surface area contributed by atoms with Gasteiger partial charge >= 0.3 is 0 Å². The molecule has 0 aromatic heterocycles. The Labute approximate surface area is 228 Å². The van der Waals surface area contributed by atoms with E-state index >= 15 is 0 Å². The van der Waals surface area contributed by atoms with E-state index < -0.39 is 12.2 Å². The first-order valence-corrected chi connectivity index (χ1v) is 14.1. The molecule has 1 amide bonds. The molecule has 0 N–H and O–H groups in total. The molecule has 3 nitrogen and oxygen atoms in total. The van der Waals surface area contributed by atoms with Crippen LogP contribution in [0.4, 0.5) is 0 Å². The second-order valence-corrected chi connectivity index (χ2v) is 13.4. The van der Waals surface area contributed by atoms with Gasteiger partial charge < -0.3 is 9.64 Å². The SMILES string of the molecule is C=CCC1OC(c2ccc(Cl)c(Cl)c2)C(c2ccc(Cl)cc2)N(C(CSC(C)(C)C)C2CC2)C1=O. The zero-order valence-electron chi connectivity index (χ0n) is 20.3. The minimum atomic E-state index is -0.601. The van der Waals surface area contributed by atoms with Gasteiger partial charge in [0.2, 0.25) is 0 Å². The molecule has 4 atom stereocenters. The molecule has 188 valence electrons. The van der Waals surface area contributed by atoms with Crippen LogP contribution in [-0.4, -0.2) is 33.5 Å². The van der Waals surface area contributed by atoms with Gasteiger partial charge in [0, 0.05) is 28.0 Å². The quantitative estimate of drug-likeness (QED) is 0.307. The minimum absolute atomic E-state index is 0.0209. The van der Waals surface area contributed by atoms with Crippen molar-refractivity contribution in [2.45, 2.75) is 69.1 Å². The molecule has 1 heterocycles. The number of hydrogen-bond donors (Lipinski definition) is 0. The highest BCUT2D eigenvalue weighted by molar-refractivity contribution is 8.00. The highest BCUT2D eigenvalue weighted by Gasteiger charge is 2.49. The summed E-state index contributed by atoms with van der Waals surface area (Å²) >= 11 is 20.8. The Morgan fingerprint density at radius 3 is 2.31 bits per heavy atom. The zero-order chi connectivity index (χ0) is 25.3. The van der Waals surface area contributed by atoms with E-state index in [0.29, 0.717) is 27.4 Å². The maximum absolute atomic E-state index is 14.0. The summed E-state index contributed by atoms with van der Waals surface area (Å²) in [5, 5.41) is 1.61. The van der Waals surface area contributed by atoms with Crippen molar-refractivity contribution in [3.63, 3.8) is 0 Å². The van der Waals surface area contributed by atoms with E-state index in [2.05, 4.69) is 32.3 Å². The van der Waals surface area contributed by atoms with Crippen LogP contribution in [-0.2, 0) is 9.53 Å². The van der Waals surface area contributed by atoms with Gasteiger partial charge in [-0.3, -0.25) is 4.79 Å². The van der Waals surface area contributed by atoms with Crippen molar-refractivity contribution >= 4 is 52.5 Å². The molecule has 2 aromatic rings. The monoisotopic (exact) mass is 551 g/mol. The summed E-state index contributed by atoms with van der Waals surface area (Å²) in [6, 6.07) is 13.1. The lowest BCUT2D eigenvalue weighted by Crippen LogP contribution is -2.56. The highest BCUT2D eigenvalue weighted by Crippen LogP contribution is 2.49. The highest BCUT2D eigenvalue weighted by atomic mass is 35.5.